The Labute approximate surface area is 109 Å². The summed E-state index contributed by atoms with van der Waals surface area (Å²) in [6.45, 7) is 1.71. The number of benzene rings is 1. The zero-order chi connectivity index (χ0) is 12.8. The third-order valence-corrected chi connectivity index (χ3v) is 2.72. The maximum absolute atomic E-state index is 11.7. The van der Waals surface area contributed by atoms with E-state index in [9.17, 15) is 9.90 Å². The molecule has 17 heavy (non-hydrogen) atoms. The zero-order valence-electron chi connectivity index (χ0n) is 9.20. The average Bonchev–Trinajstić information content (AvgIpc) is 2.33. The number of nitrogens with zero attached hydrogens (tertiary/aromatic N) is 1. The lowest BCUT2D eigenvalue weighted by atomic mass is 10.1. The molecule has 0 saturated carbocycles. The van der Waals surface area contributed by atoms with E-state index in [1.807, 2.05) is 0 Å². The lowest BCUT2D eigenvalue weighted by molar-refractivity contribution is 0.0952. The Balaban J connectivity index is 2.84. The van der Waals surface area contributed by atoms with Gasteiger partial charge in [-0.15, -0.1) is 23.2 Å². The summed E-state index contributed by atoms with van der Waals surface area (Å²) in [5.41, 5.74) is 3.53. The van der Waals surface area contributed by atoms with Crippen molar-refractivity contribution in [2.75, 3.05) is 11.8 Å². The number of nitrogens with one attached hydrogen (secondary N) is 1. The lowest BCUT2D eigenvalue weighted by Crippen LogP contribution is -2.21. The maximum atomic E-state index is 11.7. The Morgan fingerprint density at radius 2 is 2.06 bits per heavy atom. The van der Waals surface area contributed by atoms with Gasteiger partial charge in [0.2, 0.25) is 0 Å². The first kappa shape index (κ1) is 13.8. The van der Waals surface area contributed by atoms with Crippen molar-refractivity contribution in [2.24, 2.45) is 5.10 Å². The first-order chi connectivity index (χ1) is 8.10. The minimum Gasteiger partial charge on any atom is -0.507 e. The molecular formula is C11H12Cl2N2O2. The number of aryl methyl sites for hydroxylation is 1. The van der Waals surface area contributed by atoms with Crippen LogP contribution in [-0.2, 0) is 0 Å². The summed E-state index contributed by atoms with van der Waals surface area (Å²) in [6.07, 6.45) is 0. The largest absolute Gasteiger partial charge is 0.507 e. The van der Waals surface area contributed by atoms with Crippen molar-refractivity contribution in [3.05, 3.63) is 29.3 Å². The van der Waals surface area contributed by atoms with E-state index in [0.29, 0.717) is 11.3 Å². The van der Waals surface area contributed by atoms with Crippen molar-refractivity contribution < 1.29 is 9.90 Å². The number of aromatic hydroxyl groups is 1. The van der Waals surface area contributed by atoms with Gasteiger partial charge in [-0.25, -0.2) is 5.43 Å². The average molecular weight is 275 g/mol. The van der Waals surface area contributed by atoms with Crippen molar-refractivity contribution in [1.82, 2.24) is 5.43 Å². The van der Waals surface area contributed by atoms with Crippen molar-refractivity contribution in [2.45, 2.75) is 6.92 Å². The van der Waals surface area contributed by atoms with Crippen LogP contribution in [0.15, 0.2) is 23.3 Å². The van der Waals surface area contributed by atoms with Crippen LogP contribution in [0.1, 0.15) is 15.9 Å². The zero-order valence-corrected chi connectivity index (χ0v) is 10.7. The molecule has 6 heteroatoms. The van der Waals surface area contributed by atoms with Crippen molar-refractivity contribution >= 4 is 34.8 Å². The molecule has 0 aliphatic heterocycles. The summed E-state index contributed by atoms with van der Waals surface area (Å²) in [5.74, 6) is -0.273. The van der Waals surface area contributed by atoms with Crippen molar-refractivity contribution in [1.29, 1.82) is 0 Å². The molecule has 0 fully saturated rings. The number of carbonyl (C=O) groups excluding carboxylic acids is 1. The SMILES string of the molecule is Cc1cccc(C(=O)NN=C(CCl)CCl)c1O. The second kappa shape index (κ2) is 6.47. The van der Waals surface area contributed by atoms with E-state index in [1.54, 1.807) is 19.1 Å². The number of carbonyl (C=O) groups is 1. The van der Waals surface area contributed by atoms with Crippen LogP contribution in [0.2, 0.25) is 0 Å². The molecule has 1 aromatic carbocycles. The number of rotatable bonds is 4. The normalized spacial score (nSPS) is 9.82. The van der Waals surface area contributed by atoms with Gasteiger partial charge in [-0.2, -0.15) is 5.10 Å². The third kappa shape index (κ3) is 3.61. The predicted molar refractivity (Wildman–Crippen MR) is 69.2 cm³/mol. The fourth-order valence-corrected chi connectivity index (χ4v) is 1.53. The standard InChI is InChI=1S/C11H12Cl2N2O2/c1-7-3-2-4-9(10(7)16)11(17)15-14-8(5-12)6-13/h2-4,16H,5-6H2,1H3,(H,15,17). The van der Waals surface area contributed by atoms with Gasteiger partial charge in [-0.3, -0.25) is 4.79 Å². The fourth-order valence-electron chi connectivity index (χ4n) is 1.13. The van der Waals surface area contributed by atoms with Gasteiger partial charge in [0.15, 0.2) is 0 Å². The number of halogens is 2. The van der Waals surface area contributed by atoms with Gasteiger partial charge in [0, 0.05) is 0 Å². The highest BCUT2D eigenvalue weighted by molar-refractivity contribution is 6.37. The van der Waals surface area contributed by atoms with Gasteiger partial charge in [-0.1, -0.05) is 12.1 Å². The van der Waals surface area contributed by atoms with E-state index in [0.717, 1.165) is 0 Å². The maximum Gasteiger partial charge on any atom is 0.275 e. The van der Waals surface area contributed by atoms with E-state index in [-0.39, 0.29) is 23.1 Å². The van der Waals surface area contributed by atoms with Gasteiger partial charge >= 0.3 is 0 Å². The molecule has 92 valence electrons. The molecule has 0 aliphatic rings. The molecular weight excluding hydrogens is 263 g/mol. The first-order valence-electron chi connectivity index (χ1n) is 4.86. The van der Waals surface area contributed by atoms with Crippen LogP contribution in [0.25, 0.3) is 0 Å². The van der Waals surface area contributed by atoms with Crippen LogP contribution in [0.4, 0.5) is 0 Å². The molecule has 0 aliphatic carbocycles. The molecule has 0 atom stereocenters. The number of phenols is 1. The predicted octanol–water partition coefficient (Wildman–Crippen LogP) is 2.26. The fraction of sp³-hybridized carbons (Fsp3) is 0.273. The van der Waals surface area contributed by atoms with E-state index < -0.39 is 5.91 Å². The smallest absolute Gasteiger partial charge is 0.275 e. The van der Waals surface area contributed by atoms with Crippen LogP contribution in [0.3, 0.4) is 0 Å². The van der Waals surface area contributed by atoms with Crippen molar-refractivity contribution in [3.8, 4) is 5.75 Å². The molecule has 2 N–H and O–H groups in total. The Morgan fingerprint density at radius 1 is 1.41 bits per heavy atom. The van der Waals surface area contributed by atoms with Gasteiger partial charge in [-0.05, 0) is 18.6 Å². The van der Waals surface area contributed by atoms with Crippen LogP contribution in [-0.4, -0.2) is 28.5 Å². The monoisotopic (exact) mass is 274 g/mol. The highest BCUT2D eigenvalue weighted by Crippen LogP contribution is 2.20. The highest BCUT2D eigenvalue weighted by atomic mass is 35.5. The Morgan fingerprint density at radius 3 is 2.65 bits per heavy atom. The summed E-state index contributed by atoms with van der Waals surface area (Å²) < 4.78 is 0. The van der Waals surface area contributed by atoms with Crippen LogP contribution >= 0.6 is 23.2 Å². The lowest BCUT2D eigenvalue weighted by Gasteiger charge is -2.05. The number of hydrazone groups is 1. The topological polar surface area (TPSA) is 61.7 Å². The molecule has 1 amide bonds. The number of hydrogen-bond donors (Lipinski definition) is 2. The van der Waals surface area contributed by atoms with Crippen LogP contribution in [0.5, 0.6) is 5.75 Å². The molecule has 4 nitrogen and oxygen atoms in total. The molecule has 0 saturated heterocycles. The summed E-state index contributed by atoms with van der Waals surface area (Å²) in [6, 6.07) is 4.89. The molecule has 0 aromatic heterocycles. The Hall–Kier alpha value is -1.26. The summed E-state index contributed by atoms with van der Waals surface area (Å²) >= 11 is 11.1. The molecule has 0 unspecified atom stereocenters. The Kier molecular flexibility index (Phi) is 5.25. The Bertz CT molecular complexity index is 441. The number of hydrogen-bond acceptors (Lipinski definition) is 3. The molecule has 0 heterocycles. The van der Waals surface area contributed by atoms with Gasteiger partial charge in [0.05, 0.1) is 23.0 Å². The van der Waals surface area contributed by atoms with Gasteiger partial charge in [0.25, 0.3) is 5.91 Å². The molecule has 0 radical (unpaired) electrons. The number of phenolic OH excluding ortho intramolecular Hbond substituents is 1. The minimum atomic E-state index is -0.501. The summed E-state index contributed by atoms with van der Waals surface area (Å²) in [4.78, 5) is 11.7. The second-order valence-electron chi connectivity index (χ2n) is 3.36. The van der Waals surface area contributed by atoms with E-state index in [2.05, 4.69) is 10.5 Å². The van der Waals surface area contributed by atoms with E-state index in [4.69, 9.17) is 23.2 Å². The third-order valence-electron chi connectivity index (χ3n) is 2.11. The number of amides is 1. The van der Waals surface area contributed by atoms with Crippen LogP contribution < -0.4 is 5.43 Å². The van der Waals surface area contributed by atoms with Gasteiger partial charge in [0.1, 0.15) is 5.75 Å². The molecule has 0 spiro atoms. The molecule has 1 aromatic rings. The van der Waals surface area contributed by atoms with Crippen molar-refractivity contribution in [3.63, 3.8) is 0 Å². The van der Waals surface area contributed by atoms with Crippen LogP contribution in [0, 0.1) is 6.92 Å². The van der Waals surface area contributed by atoms with E-state index >= 15 is 0 Å². The number of para-hydroxylation sites is 1. The summed E-state index contributed by atoms with van der Waals surface area (Å²) in [7, 11) is 0. The number of alkyl halides is 2. The quantitative estimate of drug-likeness (QED) is 0.503. The second-order valence-corrected chi connectivity index (χ2v) is 3.89. The summed E-state index contributed by atoms with van der Waals surface area (Å²) in [5, 5.41) is 13.4. The highest BCUT2D eigenvalue weighted by Gasteiger charge is 2.11. The first-order valence-corrected chi connectivity index (χ1v) is 5.93. The van der Waals surface area contributed by atoms with Gasteiger partial charge < -0.3 is 5.11 Å². The molecule has 1 rings (SSSR count). The molecule has 0 bridgehead atoms. The van der Waals surface area contributed by atoms with E-state index in [1.165, 1.54) is 6.07 Å². The minimum absolute atomic E-state index is 0.0569.